The van der Waals surface area contributed by atoms with Gasteiger partial charge in [-0.15, -0.1) is 0 Å². The highest BCUT2D eigenvalue weighted by Crippen LogP contribution is 2.39. The van der Waals surface area contributed by atoms with Crippen LogP contribution in [0.5, 0.6) is 5.75 Å². The molecule has 0 bridgehead atoms. The molecule has 0 aromatic heterocycles. The van der Waals surface area contributed by atoms with Crippen LogP contribution in [-0.2, 0) is 9.53 Å². The summed E-state index contributed by atoms with van der Waals surface area (Å²) >= 11 is 0. The van der Waals surface area contributed by atoms with E-state index in [0.717, 1.165) is 11.3 Å². The molecule has 1 N–H and O–H groups in total. The SMILES string of the molecule is COc1cccc(C(=O)NC2(C(F)(F)F)N=C(c3ccccc3)N(CC3CCCO3)C2=O)c1. The van der Waals surface area contributed by atoms with Crippen LogP contribution in [0.3, 0.4) is 0 Å². The Morgan fingerprint density at radius 3 is 2.64 bits per heavy atom. The average Bonchev–Trinajstić information content (AvgIpc) is 3.42. The monoisotopic (exact) mass is 461 g/mol. The van der Waals surface area contributed by atoms with Gasteiger partial charge >= 0.3 is 11.8 Å². The number of ether oxygens (including phenoxy) is 2. The standard InChI is InChI=1S/C23H22F3N3O4/c1-32-17-10-5-9-16(13-17)20(30)28-22(23(24,25)26)21(31)29(14-18-11-6-12-33-18)19(27-22)15-7-3-2-4-8-15/h2-5,7-10,13,18H,6,11-12,14H2,1H3,(H,28,30). The Hall–Kier alpha value is -3.40. The van der Waals surface area contributed by atoms with Crippen LogP contribution < -0.4 is 10.1 Å². The van der Waals surface area contributed by atoms with Gasteiger partial charge in [-0.05, 0) is 31.0 Å². The summed E-state index contributed by atoms with van der Waals surface area (Å²) in [6.07, 6.45) is -4.24. The largest absolute Gasteiger partial charge is 0.497 e. The fraction of sp³-hybridized carbons (Fsp3) is 0.348. The molecule has 2 aliphatic rings. The second-order valence-electron chi connectivity index (χ2n) is 7.75. The lowest BCUT2D eigenvalue weighted by molar-refractivity contribution is -0.196. The van der Waals surface area contributed by atoms with Gasteiger partial charge in [-0.1, -0.05) is 36.4 Å². The number of carbonyl (C=O) groups is 2. The van der Waals surface area contributed by atoms with Crippen LogP contribution in [-0.4, -0.2) is 60.8 Å². The fourth-order valence-corrected chi connectivity index (χ4v) is 3.87. The van der Waals surface area contributed by atoms with E-state index in [1.165, 1.54) is 25.3 Å². The van der Waals surface area contributed by atoms with Crippen molar-refractivity contribution in [2.24, 2.45) is 4.99 Å². The van der Waals surface area contributed by atoms with E-state index >= 15 is 0 Å². The summed E-state index contributed by atoms with van der Waals surface area (Å²) in [6.45, 7) is 0.376. The Morgan fingerprint density at radius 1 is 1.24 bits per heavy atom. The van der Waals surface area contributed by atoms with E-state index in [0.29, 0.717) is 18.6 Å². The minimum Gasteiger partial charge on any atom is -0.497 e. The number of carbonyl (C=O) groups excluding carboxylic acids is 2. The number of aliphatic imine (C=N–C) groups is 1. The highest BCUT2D eigenvalue weighted by atomic mass is 19.4. The molecule has 2 aromatic rings. The van der Waals surface area contributed by atoms with Gasteiger partial charge in [-0.2, -0.15) is 13.2 Å². The number of alkyl halides is 3. The molecular formula is C23H22F3N3O4. The summed E-state index contributed by atoms with van der Waals surface area (Å²) in [7, 11) is 1.37. The molecule has 2 aromatic carbocycles. The topological polar surface area (TPSA) is 80.2 Å². The van der Waals surface area contributed by atoms with Gasteiger partial charge in [-0.25, -0.2) is 4.99 Å². The number of nitrogens with zero attached hydrogens (tertiary/aromatic N) is 2. The number of amides is 2. The first-order chi connectivity index (χ1) is 15.7. The minimum atomic E-state index is -5.19. The summed E-state index contributed by atoms with van der Waals surface area (Å²) in [6, 6.07) is 13.7. The zero-order valence-corrected chi connectivity index (χ0v) is 17.8. The maximum absolute atomic E-state index is 14.4. The van der Waals surface area contributed by atoms with E-state index in [4.69, 9.17) is 9.47 Å². The van der Waals surface area contributed by atoms with Crippen LogP contribution in [0.15, 0.2) is 59.6 Å². The Morgan fingerprint density at radius 2 is 2.00 bits per heavy atom. The molecule has 2 aliphatic heterocycles. The van der Waals surface area contributed by atoms with Crippen LogP contribution in [0, 0.1) is 0 Å². The molecule has 33 heavy (non-hydrogen) atoms. The highest BCUT2D eigenvalue weighted by molar-refractivity contribution is 6.16. The number of nitrogens with one attached hydrogen (secondary N) is 1. The molecule has 2 unspecified atom stereocenters. The smallest absolute Gasteiger partial charge is 0.442 e. The van der Waals surface area contributed by atoms with Crippen molar-refractivity contribution >= 4 is 17.6 Å². The van der Waals surface area contributed by atoms with Crippen LogP contribution in [0.4, 0.5) is 13.2 Å². The number of hydrogen-bond acceptors (Lipinski definition) is 5. The van der Waals surface area contributed by atoms with Gasteiger partial charge < -0.3 is 14.8 Å². The van der Waals surface area contributed by atoms with Crippen molar-refractivity contribution < 1.29 is 32.2 Å². The van der Waals surface area contributed by atoms with Crippen LogP contribution in [0.2, 0.25) is 0 Å². The Bertz CT molecular complexity index is 1070. The van der Waals surface area contributed by atoms with Crippen molar-refractivity contribution in [2.75, 3.05) is 20.3 Å². The summed E-state index contributed by atoms with van der Waals surface area (Å²) in [4.78, 5) is 30.9. The van der Waals surface area contributed by atoms with Crippen molar-refractivity contribution in [1.29, 1.82) is 0 Å². The number of methoxy groups -OCH3 is 1. The first kappa shape index (κ1) is 22.8. The van der Waals surface area contributed by atoms with Crippen LogP contribution in [0.1, 0.15) is 28.8 Å². The highest BCUT2D eigenvalue weighted by Gasteiger charge is 2.67. The molecule has 0 aliphatic carbocycles. The number of rotatable bonds is 6. The van der Waals surface area contributed by atoms with Gasteiger partial charge in [0.05, 0.1) is 19.8 Å². The van der Waals surface area contributed by atoms with Gasteiger partial charge in [-0.3, -0.25) is 14.5 Å². The Balaban J connectivity index is 1.76. The molecule has 1 saturated heterocycles. The molecule has 4 rings (SSSR count). The molecule has 7 nitrogen and oxygen atoms in total. The third kappa shape index (κ3) is 4.30. The molecule has 0 spiro atoms. The lowest BCUT2D eigenvalue weighted by Crippen LogP contribution is -2.63. The van der Waals surface area contributed by atoms with E-state index in [1.54, 1.807) is 36.4 Å². The van der Waals surface area contributed by atoms with Gasteiger partial charge in [0, 0.05) is 17.7 Å². The van der Waals surface area contributed by atoms with Gasteiger partial charge in [0.1, 0.15) is 11.6 Å². The van der Waals surface area contributed by atoms with Crippen LogP contribution >= 0.6 is 0 Å². The van der Waals surface area contributed by atoms with Crippen molar-refractivity contribution in [3.8, 4) is 5.75 Å². The molecule has 2 amide bonds. The third-order valence-electron chi connectivity index (χ3n) is 5.56. The van der Waals surface area contributed by atoms with E-state index < -0.39 is 29.8 Å². The van der Waals surface area contributed by atoms with Gasteiger partial charge in [0.15, 0.2) is 0 Å². The Labute approximate surface area is 188 Å². The third-order valence-corrected chi connectivity index (χ3v) is 5.56. The molecular weight excluding hydrogens is 439 g/mol. The first-order valence-corrected chi connectivity index (χ1v) is 10.4. The predicted molar refractivity (Wildman–Crippen MR) is 113 cm³/mol. The second kappa shape index (κ2) is 8.86. The van der Waals surface area contributed by atoms with Crippen LogP contribution in [0.25, 0.3) is 0 Å². The second-order valence-corrected chi connectivity index (χ2v) is 7.75. The summed E-state index contributed by atoms with van der Waals surface area (Å²) in [5.41, 5.74) is -3.23. The first-order valence-electron chi connectivity index (χ1n) is 10.4. The van der Waals surface area contributed by atoms with Crippen molar-refractivity contribution in [3.63, 3.8) is 0 Å². The normalized spacial score (nSPS) is 22.9. The lowest BCUT2D eigenvalue weighted by atomic mass is 10.1. The molecule has 0 radical (unpaired) electrons. The fourth-order valence-electron chi connectivity index (χ4n) is 3.87. The molecule has 2 atom stereocenters. The van der Waals surface area contributed by atoms with Gasteiger partial charge in [0.2, 0.25) is 0 Å². The van der Waals surface area contributed by atoms with Crippen molar-refractivity contribution in [3.05, 3.63) is 65.7 Å². The Kier molecular flexibility index (Phi) is 6.11. The molecule has 174 valence electrons. The molecule has 10 heteroatoms. The maximum atomic E-state index is 14.4. The molecule has 2 heterocycles. The quantitative estimate of drug-likeness (QED) is 0.717. The minimum absolute atomic E-state index is 0.0974. The van der Waals surface area contributed by atoms with Crippen molar-refractivity contribution in [1.82, 2.24) is 10.2 Å². The summed E-state index contributed by atoms with van der Waals surface area (Å²) in [5, 5.41) is 1.87. The lowest BCUT2D eigenvalue weighted by Gasteiger charge is -2.30. The predicted octanol–water partition coefficient (Wildman–Crippen LogP) is 3.15. The zero-order chi connectivity index (χ0) is 23.6. The average molecular weight is 461 g/mol. The number of amidine groups is 1. The van der Waals surface area contributed by atoms with Gasteiger partial charge in [0.25, 0.3) is 11.8 Å². The van der Waals surface area contributed by atoms with E-state index in [-0.39, 0.29) is 23.7 Å². The van der Waals surface area contributed by atoms with E-state index in [9.17, 15) is 22.8 Å². The van der Waals surface area contributed by atoms with Crippen molar-refractivity contribution in [2.45, 2.75) is 30.8 Å². The molecule has 1 fully saturated rings. The summed E-state index contributed by atoms with van der Waals surface area (Å²) in [5.74, 6) is -2.36. The number of benzene rings is 2. The summed E-state index contributed by atoms with van der Waals surface area (Å²) < 4.78 is 53.9. The van der Waals surface area contributed by atoms with E-state index in [2.05, 4.69) is 4.99 Å². The number of halogens is 3. The van der Waals surface area contributed by atoms with E-state index in [1.807, 2.05) is 5.32 Å². The number of hydrogen-bond donors (Lipinski definition) is 1. The zero-order valence-electron chi connectivity index (χ0n) is 17.8. The maximum Gasteiger partial charge on any atom is 0.442 e. The molecule has 0 saturated carbocycles.